The summed E-state index contributed by atoms with van der Waals surface area (Å²) in [6.07, 6.45) is -8.35. The van der Waals surface area contributed by atoms with E-state index in [0.29, 0.717) is 28.2 Å². The quantitative estimate of drug-likeness (QED) is 0.295. The van der Waals surface area contributed by atoms with Gasteiger partial charge in [0.1, 0.15) is 24.4 Å². The van der Waals surface area contributed by atoms with Crippen LogP contribution in [0.2, 0.25) is 0 Å². The minimum absolute atomic E-state index is 0.00309. The van der Waals surface area contributed by atoms with Crippen LogP contribution in [-0.4, -0.2) is 96.4 Å². The summed E-state index contributed by atoms with van der Waals surface area (Å²) in [7, 11) is 2.81. The first-order valence-corrected chi connectivity index (χ1v) is 12.8. The summed E-state index contributed by atoms with van der Waals surface area (Å²) in [6.45, 7) is -0.635. The zero-order valence-corrected chi connectivity index (χ0v) is 21.6. The lowest BCUT2D eigenvalue weighted by Gasteiger charge is -2.44. The summed E-state index contributed by atoms with van der Waals surface area (Å²) in [4.78, 5) is 13.3. The molecule has 5 N–H and O–H groups in total. The summed E-state index contributed by atoms with van der Waals surface area (Å²) in [5, 5.41) is 51.4. The summed E-state index contributed by atoms with van der Waals surface area (Å²) in [5.41, 5.74) is 1.83. The van der Waals surface area contributed by atoms with E-state index >= 15 is 0 Å². The number of phenolic OH excluding ortho intramolecular Hbond substituents is 1. The van der Waals surface area contributed by atoms with Crippen molar-refractivity contribution in [2.24, 2.45) is 11.8 Å². The fourth-order valence-electron chi connectivity index (χ4n) is 6.10. The monoisotopic (exact) mass is 562 g/mol. The van der Waals surface area contributed by atoms with Gasteiger partial charge in [-0.15, -0.1) is 0 Å². The Morgan fingerprint density at radius 1 is 0.900 bits per heavy atom. The lowest BCUT2D eigenvalue weighted by atomic mass is 9.66. The van der Waals surface area contributed by atoms with Crippen LogP contribution in [0.25, 0.3) is 0 Å². The number of hydrogen-bond donors (Lipinski definition) is 5. The van der Waals surface area contributed by atoms with Gasteiger partial charge in [-0.05, 0) is 41.0 Å². The second kappa shape index (κ2) is 10.3. The molecule has 2 aromatic carbocycles. The van der Waals surface area contributed by atoms with Gasteiger partial charge in [0.25, 0.3) is 0 Å². The molecule has 2 aromatic rings. The van der Waals surface area contributed by atoms with Crippen LogP contribution in [-0.2, 0) is 19.0 Å². The number of carbonyl (C=O) groups is 1. The molecule has 216 valence electrons. The first-order valence-electron chi connectivity index (χ1n) is 12.8. The highest BCUT2D eigenvalue weighted by molar-refractivity contribution is 5.79. The Morgan fingerprint density at radius 3 is 2.17 bits per heavy atom. The van der Waals surface area contributed by atoms with Crippen molar-refractivity contribution in [2.45, 2.75) is 42.7 Å². The van der Waals surface area contributed by atoms with Crippen molar-refractivity contribution in [2.75, 3.05) is 34.2 Å². The van der Waals surface area contributed by atoms with E-state index in [1.165, 1.54) is 14.2 Å². The van der Waals surface area contributed by atoms with Crippen molar-refractivity contribution in [1.29, 1.82) is 0 Å². The van der Waals surface area contributed by atoms with Crippen LogP contribution in [0.4, 0.5) is 0 Å². The Morgan fingerprint density at radius 2 is 1.55 bits per heavy atom. The molecule has 13 heteroatoms. The van der Waals surface area contributed by atoms with Gasteiger partial charge in [-0.3, -0.25) is 4.79 Å². The predicted octanol–water partition coefficient (Wildman–Crippen LogP) is -0.0696. The maximum atomic E-state index is 13.3. The van der Waals surface area contributed by atoms with E-state index in [0.717, 1.165) is 0 Å². The van der Waals surface area contributed by atoms with E-state index in [4.69, 9.17) is 33.2 Å². The van der Waals surface area contributed by atoms with E-state index < -0.39 is 67.1 Å². The molecule has 0 amide bonds. The molecule has 1 aliphatic carbocycles. The summed E-state index contributed by atoms with van der Waals surface area (Å²) >= 11 is 0. The lowest BCUT2D eigenvalue weighted by Crippen LogP contribution is -2.59. The Bertz CT molecular complexity index is 1270. The van der Waals surface area contributed by atoms with Crippen LogP contribution in [0.15, 0.2) is 24.3 Å². The number of carbonyl (C=O) groups excluding carboxylic acids is 1. The molecule has 13 nitrogen and oxygen atoms in total. The van der Waals surface area contributed by atoms with E-state index in [1.54, 1.807) is 24.3 Å². The molecule has 3 heterocycles. The normalized spacial score (nSPS) is 34.1. The Labute approximate surface area is 228 Å². The topological polar surface area (TPSA) is 183 Å². The molecule has 3 aliphatic heterocycles. The van der Waals surface area contributed by atoms with Gasteiger partial charge >= 0.3 is 5.97 Å². The van der Waals surface area contributed by atoms with Crippen LogP contribution >= 0.6 is 0 Å². The number of benzene rings is 2. The van der Waals surface area contributed by atoms with E-state index in [1.807, 2.05) is 0 Å². The number of rotatable bonds is 6. The molecule has 2 unspecified atom stereocenters. The van der Waals surface area contributed by atoms with E-state index in [-0.39, 0.29) is 30.6 Å². The highest BCUT2D eigenvalue weighted by Gasteiger charge is 2.55. The summed E-state index contributed by atoms with van der Waals surface area (Å²) in [5.74, 6) is -1.43. The second-order valence-electron chi connectivity index (χ2n) is 10.2. The number of ether oxygens (including phenoxy) is 7. The summed E-state index contributed by atoms with van der Waals surface area (Å²) < 4.78 is 39.4. The van der Waals surface area contributed by atoms with Crippen LogP contribution in [0.1, 0.15) is 28.7 Å². The molecule has 6 rings (SSSR count). The molecule has 9 atom stereocenters. The van der Waals surface area contributed by atoms with Gasteiger partial charge in [0.05, 0.1) is 39.5 Å². The fourth-order valence-corrected chi connectivity index (χ4v) is 6.10. The van der Waals surface area contributed by atoms with Gasteiger partial charge in [-0.1, -0.05) is 0 Å². The number of cyclic esters (lactones) is 1. The van der Waals surface area contributed by atoms with E-state index in [9.17, 15) is 30.3 Å². The lowest BCUT2D eigenvalue weighted by molar-refractivity contribution is -0.317. The van der Waals surface area contributed by atoms with Crippen LogP contribution < -0.4 is 18.9 Å². The number of esters is 1. The number of hydrogen-bond acceptors (Lipinski definition) is 13. The fraction of sp³-hybridized carbons (Fsp3) is 0.519. The average Bonchev–Trinajstić information content (AvgIpc) is 3.58. The Hall–Kier alpha value is -3.33. The molecular formula is C27H30O13. The van der Waals surface area contributed by atoms with Crippen molar-refractivity contribution < 1.29 is 63.5 Å². The van der Waals surface area contributed by atoms with Crippen LogP contribution in [0, 0.1) is 11.8 Å². The first kappa shape index (κ1) is 26.9. The largest absolute Gasteiger partial charge is 0.502 e. The third-order valence-corrected chi connectivity index (χ3v) is 8.11. The van der Waals surface area contributed by atoms with Crippen molar-refractivity contribution in [1.82, 2.24) is 0 Å². The molecule has 0 saturated carbocycles. The molecular weight excluding hydrogens is 532 g/mol. The molecule has 2 saturated heterocycles. The number of aliphatic hydroxyl groups is 4. The Balaban J connectivity index is 1.48. The maximum absolute atomic E-state index is 13.3. The SMILES string of the molecule is COc1cc([C@@H]2c3cc4c(cc3[C@@H](O[C@@H]3O[C@H](CO)[C@H](O)[C@H](O)[C@H]3O)C3COC(=O)C32)OCO4)cc(OC)c1O. The van der Waals surface area contributed by atoms with Crippen molar-refractivity contribution in [3.05, 3.63) is 41.0 Å². The van der Waals surface area contributed by atoms with Gasteiger partial charge in [0.15, 0.2) is 29.3 Å². The number of aliphatic hydroxyl groups excluding tert-OH is 4. The van der Waals surface area contributed by atoms with Crippen molar-refractivity contribution >= 4 is 5.97 Å². The van der Waals surface area contributed by atoms with Crippen LogP contribution in [0.3, 0.4) is 0 Å². The second-order valence-corrected chi connectivity index (χ2v) is 10.2. The molecule has 40 heavy (non-hydrogen) atoms. The molecule has 0 bridgehead atoms. The number of phenols is 1. The third-order valence-electron chi connectivity index (χ3n) is 8.11. The summed E-state index contributed by atoms with van der Waals surface area (Å²) in [6, 6.07) is 6.73. The number of methoxy groups -OCH3 is 2. The predicted molar refractivity (Wildman–Crippen MR) is 131 cm³/mol. The zero-order valence-electron chi connectivity index (χ0n) is 21.6. The third kappa shape index (κ3) is 4.12. The highest BCUT2D eigenvalue weighted by atomic mass is 16.7. The standard InChI is InChI=1S/C27H30O13/c1-34-16-3-10(4-17(35-2)21(16)29)19-11-5-14-15(38-9-37-14)6-12(11)25(13-8-36-26(33)20(13)19)40-27-24(32)23(31)22(30)18(7-28)39-27/h3-6,13,18-20,22-25,27-32H,7-9H2,1-2H3/t13?,18-,19-,20?,22+,23+,24-,25-,27+/m1/s1. The molecule has 2 fully saturated rings. The van der Waals surface area contributed by atoms with Gasteiger partial charge in [-0.2, -0.15) is 0 Å². The average molecular weight is 563 g/mol. The van der Waals surface area contributed by atoms with Gasteiger partial charge in [-0.25, -0.2) is 0 Å². The van der Waals surface area contributed by atoms with E-state index in [2.05, 4.69) is 0 Å². The number of aromatic hydroxyl groups is 1. The molecule has 0 spiro atoms. The van der Waals surface area contributed by atoms with Crippen molar-refractivity contribution in [3.8, 4) is 28.7 Å². The number of fused-ring (bicyclic) bond motifs is 3. The van der Waals surface area contributed by atoms with Crippen LogP contribution in [0.5, 0.6) is 28.7 Å². The highest BCUT2D eigenvalue weighted by Crippen LogP contribution is 2.57. The molecule has 0 aromatic heterocycles. The molecule has 0 radical (unpaired) electrons. The van der Waals surface area contributed by atoms with Gasteiger partial charge in [0, 0.05) is 11.8 Å². The first-order chi connectivity index (χ1) is 19.3. The minimum atomic E-state index is -1.64. The maximum Gasteiger partial charge on any atom is 0.310 e. The van der Waals surface area contributed by atoms with Crippen molar-refractivity contribution in [3.63, 3.8) is 0 Å². The smallest absolute Gasteiger partial charge is 0.310 e. The van der Waals surface area contributed by atoms with Gasteiger partial charge in [0.2, 0.25) is 12.5 Å². The zero-order chi connectivity index (χ0) is 28.3. The minimum Gasteiger partial charge on any atom is -0.502 e. The molecule has 4 aliphatic rings. The Kier molecular flexibility index (Phi) is 6.89. The van der Waals surface area contributed by atoms with Gasteiger partial charge < -0.3 is 58.7 Å².